The van der Waals surface area contributed by atoms with Crippen LogP contribution in [0.25, 0.3) is 22.2 Å². The molecule has 3 aromatic carbocycles. The SMILES string of the molecule is CC(=O)n1c(=O)oc2c(N3CCN(Cc4cccc(-c5ccccc5)c4)CC3)cccc21. The Labute approximate surface area is 186 Å². The molecule has 1 saturated heterocycles. The number of aromatic nitrogens is 1. The molecule has 6 nitrogen and oxygen atoms in total. The molecule has 1 aliphatic heterocycles. The summed E-state index contributed by atoms with van der Waals surface area (Å²) >= 11 is 0. The van der Waals surface area contributed by atoms with Gasteiger partial charge in [0.1, 0.15) is 5.52 Å². The summed E-state index contributed by atoms with van der Waals surface area (Å²) in [6, 6.07) is 24.7. The van der Waals surface area contributed by atoms with Crippen LogP contribution in [0.2, 0.25) is 0 Å². The minimum absolute atomic E-state index is 0.339. The molecule has 0 radical (unpaired) electrons. The maximum atomic E-state index is 12.1. The van der Waals surface area contributed by atoms with Gasteiger partial charge in [-0.15, -0.1) is 0 Å². The Bertz CT molecular complexity index is 1320. The van der Waals surface area contributed by atoms with Crippen molar-refractivity contribution in [1.29, 1.82) is 0 Å². The zero-order valence-electron chi connectivity index (χ0n) is 18.0. The monoisotopic (exact) mass is 427 g/mol. The van der Waals surface area contributed by atoms with Crippen LogP contribution in [0.15, 0.2) is 82.0 Å². The Morgan fingerprint density at radius 1 is 0.875 bits per heavy atom. The maximum absolute atomic E-state index is 12.1. The molecule has 0 spiro atoms. The highest BCUT2D eigenvalue weighted by molar-refractivity contribution is 5.93. The predicted octanol–water partition coefficient (Wildman–Crippen LogP) is 4.24. The Morgan fingerprint density at radius 3 is 2.34 bits per heavy atom. The molecule has 6 heteroatoms. The molecular formula is C26H25N3O3. The van der Waals surface area contributed by atoms with E-state index in [-0.39, 0.29) is 5.91 Å². The Balaban J connectivity index is 1.30. The van der Waals surface area contributed by atoms with Crippen molar-refractivity contribution in [2.75, 3.05) is 31.1 Å². The van der Waals surface area contributed by atoms with Gasteiger partial charge in [0.05, 0.1) is 5.69 Å². The summed E-state index contributed by atoms with van der Waals surface area (Å²) < 4.78 is 6.55. The van der Waals surface area contributed by atoms with Gasteiger partial charge in [-0.1, -0.05) is 54.6 Å². The Kier molecular flexibility index (Phi) is 5.37. The zero-order valence-corrected chi connectivity index (χ0v) is 18.0. The number of rotatable bonds is 4. The number of anilines is 1. The maximum Gasteiger partial charge on any atom is 0.426 e. The van der Waals surface area contributed by atoms with Crippen LogP contribution in [-0.2, 0) is 6.54 Å². The van der Waals surface area contributed by atoms with Gasteiger partial charge in [0.15, 0.2) is 5.58 Å². The van der Waals surface area contributed by atoms with Gasteiger partial charge in [-0.3, -0.25) is 9.69 Å². The predicted molar refractivity (Wildman–Crippen MR) is 126 cm³/mol. The molecule has 1 aromatic heterocycles. The summed E-state index contributed by atoms with van der Waals surface area (Å²) in [6.07, 6.45) is 0. The summed E-state index contributed by atoms with van der Waals surface area (Å²) in [5.41, 5.74) is 5.64. The highest BCUT2D eigenvalue weighted by Crippen LogP contribution is 2.28. The van der Waals surface area contributed by atoms with E-state index in [1.54, 1.807) is 6.07 Å². The van der Waals surface area contributed by atoms with Crippen molar-refractivity contribution in [3.8, 4) is 11.1 Å². The summed E-state index contributed by atoms with van der Waals surface area (Å²) in [5.74, 6) is -0.967. The highest BCUT2D eigenvalue weighted by atomic mass is 16.4. The third kappa shape index (κ3) is 3.85. The van der Waals surface area contributed by atoms with Crippen LogP contribution in [0.5, 0.6) is 0 Å². The lowest BCUT2D eigenvalue weighted by atomic mass is 10.0. The second-order valence-corrected chi connectivity index (χ2v) is 8.18. The van der Waals surface area contributed by atoms with E-state index in [0.29, 0.717) is 11.1 Å². The van der Waals surface area contributed by atoms with Crippen molar-refractivity contribution in [1.82, 2.24) is 9.47 Å². The molecule has 0 aliphatic carbocycles. The van der Waals surface area contributed by atoms with E-state index in [1.165, 1.54) is 23.6 Å². The van der Waals surface area contributed by atoms with Gasteiger partial charge in [-0.25, -0.2) is 9.36 Å². The average Bonchev–Trinajstić information content (AvgIpc) is 3.16. The molecule has 0 atom stereocenters. The molecule has 162 valence electrons. The van der Waals surface area contributed by atoms with Crippen molar-refractivity contribution in [2.24, 2.45) is 0 Å². The van der Waals surface area contributed by atoms with E-state index >= 15 is 0 Å². The van der Waals surface area contributed by atoms with Crippen LogP contribution >= 0.6 is 0 Å². The number of carbonyl (C=O) groups excluding carboxylic acids is 1. The number of para-hydroxylation sites is 1. The van der Waals surface area contributed by atoms with Crippen molar-refractivity contribution in [3.63, 3.8) is 0 Å². The zero-order chi connectivity index (χ0) is 22.1. The van der Waals surface area contributed by atoms with Crippen molar-refractivity contribution >= 4 is 22.7 Å². The number of piperazine rings is 1. The van der Waals surface area contributed by atoms with Gasteiger partial charge < -0.3 is 9.32 Å². The molecule has 0 unspecified atom stereocenters. The van der Waals surface area contributed by atoms with Gasteiger partial charge in [0, 0.05) is 39.6 Å². The standard InChI is InChI=1S/C26H25N3O3/c1-19(30)29-24-12-6-11-23(25(24)32-26(29)31)28-15-13-27(14-16-28)18-20-7-5-10-22(17-20)21-8-3-2-4-9-21/h2-12,17H,13-16,18H2,1H3. The van der Waals surface area contributed by atoms with E-state index in [1.807, 2.05) is 18.2 Å². The van der Waals surface area contributed by atoms with Crippen LogP contribution in [0.4, 0.5) is 5.69 Å². The first-order valence-corrected chi connectivity index (χ1v) is 10.9. The fraction of sp³-hybridized carbons (Fsp3) is 0.231. The number of nitrogens with zero attached hydrogens (tertiary/aromatic N) is 3. The van der Waals surface area contributed by atoms with Crippen LogP contribution < -0.4 is 10.7 Å². The van der Waals surface area contributed by atoms with E-state index < -0.39 is 5.76 Å². The fourth-order valence-electron chi connectivity index (χ4n) is 4.46. The summed E-state index contributed by atoms with van der Waals surface area (Å²) in [7, 11) is 0. The number of benzene rings is 3. The van der Waals surface area contributed by atoms with E-state index in [0.717, 1.165) is 43.0 Å². The number of fused-ring (bicyclic) bond motifs is 1. The normalized spacial score (nSPS) is 14.7. The lowest BCUT2D eigenvalue weighted by molar-refractivity contribution is 0.0933. The molecule has 0 bridgehead atoms. The molecule has 1 aliphatic rings. The molecular weight excluding hydrogens is 402 g/mol. The molecule has 1 fully saturated rings. The molecule has 0 saturated carbocycles. The van der Waals surface area contributed by atoms with Crippen molar-refractivity contribution < 1.29 is 9.21 Å². The lowest BCUT2D eigenvalue weighted by Crippen LogP contribution is -2.46. The molecule has 2 heterocycles. The highest BCUT2D eigenvalue weighted by Gasteiger charge is 2.22. The van der Waals surface area contributed by atoms with E-state index in [4.69, 9.17) is 4.42 Å². The quantitative estimate of drug-likeness (QED) is 0.488. The summed E-state index contributed by atoms with van der Waals surface area (Å²) in [6.45, 7) is 5.73. The molecule has 0 N–H and O–H groups in total. The van der Waals surface area contributed by atoms with Crippen LogP contribution in [0.3, 0.4) is 0 Å². The minimum atomic E-state index is -0.628. The molecule has 4 aromatic rings. The van der Waals surface area contributed by atoms with Gasteiger partial charge >= 0.3 is 5.76 Å². The first kappa shape index (κ1) is 20.3. The molecule has 32 heavy (non-hydrogen) atoms. The average molecular weight is 428 g/mol. The van der Waals surface area contributed by atoms with Gasteiger partial charge in [0.25, 0.3) is 0 Å². The molecule has 0 amide bonds. The Morgan fingerprint density at radius 2 is 1.59 bits per heavy atom. The second-order valence-electron chi connectivity index (χ2n) is 8.18. The van der Waals surface area contributed by atoms with Gasteiger partial charge in [0.2, 0.25) is 5.91 Å². The van der Waals surface area contributed by atoms with Crippen LogP contribution in [-0.4, -0.2) is 41.6 Å². The largest absolute Gasteiger partial charge is 0.426 e. The smallest absolute Gasteiger partial charge is 0.405 e. The number of hydrogen-bond acceptors (Lipinski definition) is 5. The van der Waals surface area contributed by atoms with Gasteiger partial charge in [-0.05, 0) is 34.9 Å². The lowest BCUT2D eigenvalue weighted by Gasteiger charge is -2.36. The number of carbonyl (C=O) groups is 1. The second kappa shape index (κ2) is 8.48. The third-order valence-electron chi connectivity index (χ3n) is 6.05. The van der Waals surface area contributed by atoms with E-state index in [9.17, 15) is 9.59 Å². The van der Waals surface area contributed by atoms with Gasteiger partial charge in [-0.2, -0.15) is 0 Å². The minimum Gasteiger partial charge on any atom is -0.405 e. The number of hydrogen-bond donors (Lipinski definition) is 0. The topological polar surface area (TPSA) is 58.7 Å². The van der Waals surface area contributed by atoms with Crippen LogP contribution in [0, 0.1) is 0 Å². The first-order chi connectivity index (χ1) is 15.6. The fourth-order valence-corrected chi connectivity index (χ4v) is 4.46. The van der Waals surface area contributed by atoms with Crippen molar-refractivity contribution in [2.45, 2.75) is 13.5 Å². The van der Waals surface area contributed by atoms with E-state index in [2.05, 4.69) is 58.3 Å². The van der Waals surface area contributed by atoms with Crippen LogP contribution in [0.1, 0.15) is 17.3 Å². The first-order valence-electron chi connectivity index (χ1n) is 10.9. The van der Waals surface area contributed by atoms with Crippen molar-refractivity contribution in [3.05, 3.63) is 88.9 Å². The summed E-state index contributed by atoms with van der Waals surface area (Å²) in [5, 5.41) is 0. The molecule has 5 rings (SSSR count). The summed E-state index contributed by atoms with van der Waals surface area (Å²) in [4.78, 5) is 28.7. The Hall–Kier alpha value is -3.64. The number of oxazole rings is 1. The third-order valence-corrected chi connectivity index (χ3v) is 6.05.